The zero-order valence-corrected chi connectivity index (χ0v) is 21.5. The van der Waals surface area contributed by atoms with Crippen molar-refractivity contribution in [3.63, 3.8) is 0 Å². The molecule has 0 N–H and O–H groups in total. The Kier molecular flexibility index (Phi) is 6.89. The molecule has 5 rings (SSSR count). The van der Waals surface area contributed by atoms with Gasteiger partial charge in [-0.15, -0.1) is 0 Å². The van der Waals surface area contributed by atoms with E-state index in [9.17, 15) is 9.18 Å². The molecular weight excluding hydrogens is 525 g/mol. The number of aromatic nitrogens is 2. The SMILES string of the molecule is COc1ccc(CCN2C(=O)[C@H](C)O[C@H]2c2cn(-c3ccc(Br)cc3)nc2-c2ccc(F)cc2)cc1. The third kappa shape index (κ3) is 4.92. The van der Waals surface area contributed by atoms with Crippen LogP contribution in [-0.2, 0) is 16.0 Å². The van der Waals surface area contributed by atoms with Crippen molar-refractivity contribution < 1.29 is 18.7 Å². The summed E-state index contributed by atoms with van der Waals surface area (Å²) in [5.41, 5.74) is 4.07. The molecule has 1 aromatic heterocycles. The Hall–Kier alpha value is -3.49. The van der Waals surface area contributed by atoms with Crippen LogP contribution in [0.3, 0.4) is 0 Å². The van der Waals surface area contributed by atoms with Crippen LogP contribution >= 0.6 is 15.9 Å². The maximum absolute atomic E-state index is 13.7. The first kappa shape index (κ1) is 24.2. The number of nitrogens with zero attached hydrogens (tertiary/aromatic N) is 3. The minimum atomic E-state index is -0.616. The van der Waals surface area contributed by atoms with Gasteiger partial charge < -0.3 is 14.4 Å². The molecule has 8 heteroatoms. The van der Waals surface area contributed by atoms with Gasteiger partial charge in [0.15, 0.2) is 6.23 Å². The third-order valence-corrected chi connectivity index (χ3v) is 6.79. The molecule has 2 heterocycles. The Balaban J connectivity index is 1.51. The van der Waals surface area contributed by atoms with Crippen molar-refractivity contribution in [3.05, 3.63) is 100 Å². The van der Waals surface area contributed by atoms with Crippen LogP contribution in [0, 0.1) is 5.82 Å². The molecule has 3 aromatic carbocycles. The Labute approximate surface area is 217 Å². The van der Waals surface area contributed by atoms with Gasteiger partial charge in [-0.05, 0) is 79.6 Å². The molecule has 36 heavy (non-hydrogen) atoms. The molecule has 0 unspecified atom stereocenters. The number of hydrogen-bond acceptors (Lipinski definition) is 4. The average Bonchev–Trinajstić information content (AvgIpc) is 3.45. The molecule has 6 nitrogen and oxygen atoms in total. The van der Waals surface area contributed by atoms with E-state index in [1.807, 2.05) is 54.7 Å². The van der Waals surface area contributed by atoms with Crippen molar-refractivity contribution in [1.82, 2.24) is 14.7 Å². The first-order valence-corrected chi connectivity index (χ1v) is 12.4. The lowest BCUT2D eigenvalue weighted by Gasteiger charge is -2.23. The number of halogens is 2. The van der Waals surface area contributed by atoms with Crippen molar-refractivity contribution in [2.24, 2.45) is 0 Å². The van der Waals surface area contributed by atoms with E-state index in [4.69, 9.17) is 14.6 Å². The molecule has 0 saturated carbocycles. The molecule has 2 atom stereocenters. The summed E-state index contributed by atoms with van der Waals surface area (Å²) in [5.74, 6) is 0.389. The fourth-order valence-corrected chi connectivity index (χ4v) is 4.58. The number of carbonyl (C=O) groups is 1. The van der Waals surface area contributed by atoms with E-state index in [1.54, 1.807) is 35.7 Å². The van der Waals surface area contributed by atoms with E-state index in [-0.39, 0.29) is 11.7 Å². The lowest BCUT2D eigenvalue weighted by Crippen LogP contribution is -2.32. The van der Waals surface area contributed by atoms with Gasteiger partial charge in [0.1, 0.15) is 23.4 Å². The highest BCUT2D eigenvalue weighted by molar-refractivity contribution is 9.10. The highest BCUT2D eigenvalue weighted by Gasteiger charge is 2.40. The van der Waals surface area contributed by atoms with Crippen molar-refractivity contribution in [2.45, 2.75) is 25.7 Å². The number of rotatable bonds is 7. The standard InChI is InChI=1S/C28H25BrFN3O3/c1-18-27(34)32(16-15-19-3-13-24(35-2)14-4-19)28(36-18)25-17-33(23-11-7-21(29)8-12-23)31-26(25)20-5-9-22(30)10-6-20/h3-14,17-18,28H,15-16H2,1-2H3/t18-,28-/m0/s1. The van der Waals surface area contributed by atoms with Crippen LogP contribution in [0.1, 0.15) is 24.3 Å². The van der Waals surface area contributed by atoms with Gasteiger partial charge in [0.25, 0.3) is 5.91 Å². The van der Waals surface area contributed by atoms with Crippen LogP contribution in [-0.4, -0.2) is 40.3 Å². The molecule has 1 aliphatic rings. The van der Waals surface area contributed by atoms with Crippen LogP contribution in [0.4, 0.5) is 4.39 Å². The van der Waals surface area contributed by atoms with E-state index in [0.29, 0.717) is 18.7 Å². The molecular formula is C28H25BrFN3O3. The minimum absolute atomic E-state index is 0.0741. The largest absolute Gasteiger partial charge is 0.497 e. The first-order chi connectivity index (χ1) is 17.4. The monoisotopic (exact) mass is 549 g/mol. The third-order valence-electron chi connectivity index (χ3n) is 6.26. The van der Waals surface area contributed by atoms with Gasteiger partial charge in [-0.1, -0.05) is 28.1 Å². The normalized spacial score (nSPS) is 17.6. The molecule has 1 amide bonds. The minimum Gasteiger partial charge on any atom is -0.497 e. The number of ether oxygens (including phenoxy) is 2. The van der Waals surface area contributed by atoms with E-state index < -0.39 is 12.3 Å². The topological polar surface area (TPSA) is 56.6 Å². The van der Waals surface area contributed by atoms with E-state index in [1.165, 1.54) is 12.1 Å². The predicted molar refractivity (Wildman–Crippen MR) is 138 cm³/mol. The highest BCUT2D eigenvalue weighted by atomic mass is 79.9. The number of benzene rings is 3. The Morgan fingerprint density at radius 3 is 2.39 bits per heavy atom. The Bertz CT molecular complexity index is 1350. The zero-order chi connectivity index (χ0) is 25.2. The molecule has 1 fully saturated rings. The zero-order valence-electron chi connectivity index (χ0n) is 19.9. The second kappa shape index (κ2) is 10.2. The van der Waals surface area contributed by atoms with Crippen LogP contribution in [0.5, 0.6) is 5.75 Å². The summed E-state index contributed by atoms with van der Waals surface area (Å²) in [6.07, 6.45) is 1.35. The van der Waals surface area contributed by atoms with Gasteiger partial charge in [0.2, 0.25) is 0 Å². The van der Waals surface area contributed by atoms with Crippen LogP contribution in [0.25, 0.3) is 16.9 Å². The summed E-state index contributed by atoms with van der Waals surface area (Å²) in [5, 5.41) is 4.82. The average molecular weight is 550 g/mol. The number of carbonyl (C=O) groups excluding carboxylic acids is 1. The fourth-order valence-electron chi connectivity index (χ4n) is 4.31. The summed E-state index contributed by atoms with van der Waals surface area (Å²) in [6.45, 7) is 2.24. The molecule has 0 radical (unpaired) electrons. The molecule has 4 aromatic rings. The van der Waals surface area contributed by atoms with Gasteiger partial charge in [-0.25, -0.2) is 9.07 Å². The summed E-state index contributed by atoms with van der Waals surface area (Å²) in [7, 11) is 1.63. The number of methoxy groups -OCH3 is 1. The van der Waals surface area contributed by atoms with Crippen molar-refractivity contribution in [1.29, 1.82) is 0 Å². The van der Waals surface area contributed by atoms with Gasteiger partial charge in [-0.2, -0.15) is 5.10 Å². The number of amides is 1. The number of hydrogen-bond donors (Lipinski definition) is 0. The second-order valence-corrected chi connectivity index (χ2v) is 9.54. The van der Waals surface area contributed by atoms with Crippen LogP contribution in [0.15, 0.2) is 83.5 Å². The molecule has 0 aliphatic carbocycles. The summed E-state index contributed by atoms with van der Waals surface area (Å²) in [6, 6.07) is 21.8. The summed E-state index contributed by atoms with van der Waals surface area (Å²) < 4.78 is 27.8. The van der Waals surface area contributed by atoms with Gasteiger partial charge >= 0.3 is 0 Å². The molecule has 0 spiro atoms. The van der Waals surface area contributed by atoms with Crippen LogP contribution < -0.4 is 4.74 Å². The van der Waals surface area contributed by atoms with Gasteiger partial charge in [-0.3, -0.25) is 4.79 Å². The molecule has 184 valence electrons. The first-order valence-electron chi connectivity index (χ1n) is 11.6. The molecule has 0 bridgehead atoms. The van der Waals surface area contributed by atoms with Crippen molar-refractivity contribution in [2.75, 3.05) is 13.7 Å². The van der Waals surface area contributed by atoms with Crippen molar-refractivity contribution >= 4 is 21.8 Å². The lowest BCUT2D eigenvalue weighted by molar-refractivity contribution is -0.130. The van der Waals surface area contributed by atoms with Crippen molar-refractivity contribution in [3.8, 4) is 22.7 Å². The molecule has 1 aliphatic heterocycles. The predicted octanol–water partition coefficient (Wildman–Crippen LogP) is 5.94. The van der Waals surface area contributed by atoms with E-state index in [0.717, 1.165) is 32.6 Å². The van der Waals surface area contributed by atoms with Gasteiger partial charge in [0, 0.05) is 28.3 Å². The van der Waals surface area contributed by atoms with E-state index in [2.05, 4.69) is 15.9 Å². The lowest BCUT2D eigenvalue weighted by atomic mass is 10.1. The molecule has 1 saturated heterocycles. The maximum Gasteiger partial charge on any atom is 0.253 e. The highest BCUT2D eigenvalue weighted by Crippen LogP contribution is 2.37. The van der Waals surface area contributed by atoms with Gasteiger partial charge in [0.05, 0.1) is 12.8 Å². The maximum atomic E-state index is 13.7. The Morgan fingerprint density at radius 2 is 1.72 bits per heavy atom. The van der Waals surface area contributed by atoms with Crippen LogP contribution in [0.2, 0.25) is 0 Å². The smallest absolute Gasteiger partial charge is 0.253 e. The van der Waals surface area contributed by atoms with E-state index >= 15 is 0 Å². The summed E-state index contributed by atoms with van der Waals surface area (Å²) >= 11 is 3.46. The Morgan fingerprint density at radius 1 is 1.03 bits per heavy atom. The summed E-state index contributed by atoms with van der Waals surface area (Å²) in [4.78, 5) is 14.9. The fraction of sp³-hybridized carbons (Fsp3) is 0.214. The quantitative estimate of drug-likeness (QED) is 0.286. The second-order valence-electron chi connectivity index (χ2n) is 8.62.